The summed E-state index contributed by atoms with van der Waals surface area (Å²) >= 11 is 0. The van der Waals surface area contributed by atoms with Gasteiger partial charge in [0.15, 0.2) is 0 Å². The molecule has 0 amide bonds. The van der Waals surface area contributed by atoms with E-state index < -0.39 is 0 Å². The van der Waals surface area contributed by atoms with Gasteiger partial charge in [0.1, 0.15) is 12.4 Å². The molecule has 0 bridgehead atoms. The van der Waals surface area contributed by atoms with Crippen LogP contribution in [0.15, 0.2) is 6.33 Å². The summed E-state index contributed by atoms with van der Waals surface area (Å²) in [5.74, 6) is 0.170. The van der Waals surface area contributed by atoms with Gasteiger partial charge in [-0.05, 0) is 19.3 Å². The first kappa shape index (κ1) is 10.6. The lowest BCUT2D eigenvalue weighted by molar-refractivity contribution is 0.490. The van der Waals surface area contributed by atoms with Gasteiger partial charge in [0.25, 0.3) is 5.82 Å². The maximum Gasteiger partial charge on any atom is 0.252 e. The zero-order valence-electron chi connectivity index (χ0n) is 8.80. The molecular formula is C10H12N6. The molecule has 6 nitrogen and oxygen atoms in total. The Kier molecular flexibility index (Phi) is 3.13. The lowest BCUT2D eigenvalue weighted by atomic mass is 10.2. The Bertz CT molecular complexity index is 433. The fourth-order valence-electron chi connectivity index (χ4n) is 1.43. The average molecular weight is 216 g/mol. The van der Waals surface area contributed by atoms with Gasteiger partial charge < -0.3 is 0 Å². The predicted molar refractivity (Wildman–Crippen MR) is 54.9 cm³/mol. The second-order valence-electron chi connectivity index (χ2n) is 3.85. The number of nitrogens with zero attached hydrogens (tertiary/aromatic N) is 5. The summed E-state index contributed by atoms with van der Waals surface area (Å²) in [7, 11) is 0. The highest BCUT2D eigenvalue weighted by atomic mass is 15.3. The van der Waals surface area contributed by atoms with E-state index in [-0.39, 0.29) is 11.9 Å². The number of aromatic nitrogens is 3. The minimum Gasteiger partial charge on any atom is -0.299 e. The molecule has 16 heavy (non-hydrogen) atoms. The van der Waals surface area contributed by atoms with E-state index in [0.29, 0.717) is 19.0 Å². The third-order valence-electron chi connectivity index (χ3n) is 2.45. The normalized spacial score (nSPS) is 16.4. The number of nitriles is 2. The molecular weight excluding hydrogens is 204 g/mol. The molecule has 2 rings (SSSR count). The lowest BCUT2D eigenvalue weighted by Gasteiger charge is -2.09. The van der Waals surface area contributed by atoms with Gasteiger partial charge in [-0.2, -0.15) is 10.5 Å². The van der Waals surface area contributed by atoms with Crippen LogP contribution in [0.2, 0.25) is 0 Å². The maximum absolute atomic E-state index is 8.92. The monoisotopic (exact) mass is 216 g/mol. The lowest BCUT2D eigenvalue weighted by Crippen LogP contribution is -2.30. The van der Waals surface area contributed by atoms with Gasteiger partial charge in [0, 0.05) is 12.6 Å². The van der Waals surface area contributed by atoms with Crippen molar-refractivity contribution < 1.29 is 0 Å². The highest BCUT2D eigenvalue weighted by molar-refractivity contribution is 5.05. The van der Waals surface area contributed by atoms with E-state index in [2.05, 4.69) is 21.5 Å². The van der Waals surface area contributed by atoms with Crippen molar-refractivity contribution in [3.8, 4) is 12.1 Å². The molecule has 0 aliphatic heterocycles. The van der Waals surface area contributed by atoms with E-state index in [1.54, 1.807) is 4.68 Å². The first-order valence-corrected chi connectivity index (χ1v) is 5.27. The van der Waals surface area contributed by atoms with E-state index in [0.717, 1.165) is 0 Å². The minimum absolute atomic E-state index is 0.137. The quantitative estimate of drug-likeness (QED) is 0.758. The number of rotatable bonds is 5. The standard InChI is InChI=1S/C10H12N6/c11-5-9(14-8-1-2-8)3-4-16-7-13-10(6-12)15-16/h7-9,14H,1-4H2. The van der Waals surface area contributed by atoms with Gasteiger partial charge in [0.2, 0.25) is 0 Å². The second-order valence-corrected chi connectivity index (χ2v) is 3.85. The third kappa shape index (κ3) is 2.78. The molecule has 0 spiro atoms. The number of hydrogen-bond acceptors (Lipinski definition) is 5. The molecule has 0 radical (unpaired) electrons. The van der Waals surface area contributed by atoms with Gasteiger partial charge in [-0.3, -0.25) is 10.00 Å². The van der Waals surface area contributed by atoms with Crippen molar-refractivity contribution in [3.63, 3.8) is 0 Å². The molecule has 1 N–H and O–H groups in total. The summed E-state index contributed by atoms with van der Waals surface area (Å²) in [6, 6.07) is 4.48. The van der Waals surface area contributed by atoms with Crippen LogP contribution in [0.3, 0.4) is 0 Å². The average Bonchev–Trinajstić information content (AvgIpc) is 3.00. The van der Waals surface area contributed by atoms with E-state index in [9.17, 15) is 0 Å². The van der Waals surface area contributed by atoms with Gasteiger partial charge in [-0.1, -0.05) is 0 Å². The topological polar surface area (TPSA) is 90.3 Å². The minimum atomic E-state index is -0.137. The molecule has 1 aromatic rings. The zero-order chi connectivity index (χ0) is 11.4. The molecule has 82 valence electrons. The first-order valence-electron chi connectivity index (χ1n) is 5.27. The van der Waals surface area contributed by atoms with Crippen LogP contribution in [-0.4, -0.2) is 26.8 Å². The Morgan fingerprint density at radius 2 is 2.38 bits per heavy atom. The van der Waals surface area contributed by atoms with Crippen molar-refractivity contribution in [3.05, 3.63) is 12.2 Å². The smallest absolute Gasteiger partial charge is 0.252 e. The summed E-state index contributed by atoms with van der Waals surface area (Å²) in [5, 5.41) is 24.7. The van der Waals surface area contributed by atoms with Crippen LogP contribution in [0, 0.1) is 22.7 Å². The van der Waals surface area contributed by atoms with Crippen LogP contribution in [0.25, 0.3) is 0 Å². The van der Waals surface area contributed by atoms with Crippen LogP contribution in [0.5, 0.6) is 0 Å². The summed E-state index contributed by atoms with van der Waals surface area (Å²) in [4.78, 5) is 3.80. The largest absolute Gasteiger partial charge is 0.299 e. The highest BCUT2D eigenvalue weighted by Crippen LogP contribution is 2.19. The Morgan fingerprint density at radius 3 is 2.94 bits per heavy atom. The molecule has 1 atom stereocenters. The molecule has 1 aliphatic rings. The van der Waals surface area contributed by atoms with E-state index >= 15 is 0 Å². The van der Waals surface area contributed by atoms with Crippen molar-refractivity contribution in [2.24, 2.45) is 0 Å². The molecule has 1 aliphatic carbocycles. The highest BCUT2D eigenvalue weighted by Gasteiger charge is 2.24. The van der Waals surface area contributed by atoms with E-state index in [4.69, 9.17) is 10.5 Å². The molecule has 1 saturated carbocycles. The Labute approximate surface area is 93.5 Å². The van der Waals surface area contributed by atoms with Crippen LogP contribution in [0.1, 0.15) is 25.1 Å². The fraction of sp³-hybridized carbons (Fsp3) is 0.600. The van der Waals surface area contributed by atoms with Crippen molar-refractivity contribution in [2.45, 2.75) is 37.9 Å². The van der Waals surface area contributed by atoms with E-state index in [1.807, 2.05) is 6.07 Å². The zero-order valence-corrected chi connectivity index (χ0v) is 8.80. The Morgan fingerprint density at radius 1 is 1.56 bits per heavy atom. The molecule has 1 unspecified atom stereocenters. The second kappa shape index (κ2) is 4.73. The van der Waals surface area contributed by atoms with Crippen LogP contribution in [-0.2, 0) is 6.54 Å². The molecule has 1 heterocycles. The third-order valence-corrected chi connectivity index (χ3v) is 2.45. The molecule has 6 heteroatoms. The van der Waals surface area contributed by atoms with Crippen LogP contribution < -0.4 is 5.32 Å². The molecule has 0 saturated heterocycles. The van der Waals surface area contributed by atoms with Crippen molar-refractivity contribution in [1.82, 2.24) is 20.1 Å². The molecule has 0 aromatic carbocycles. The Balaban J connectivity index is 1.81. The van der Waals surface area contributed by atoms with Crippen molar-refractivity contribution in [2.75, 3.05) is 0 Å². The van der Waals surface area contributed by atoms with Crippen LogP contribution >= 0.6 is 0 Å². The summed E-state index contributed by atoms with van der Waals surface area (Å²) in [6.45, 7) is 0.604. The number of nitrogens with one attached hydrogen (secondary N) is 1. The van der Waals surface area contributed by atoms with Gasteiger partial charge >= 0.3 is 0 Å². The van der Waals surface area contributed by atoms with Gasteiger partial charge in [0.05, 0.1) is 12.1 Å². The Hall–Kier alpha value is -1.92. The summed E-state index contributed by atoms with van der Waals surface area (Å²) in [6.07, 6.45) is 4.53. The van der Waals surface area contributed by atoms with E-state index in [1.165, 1.54) is 19.2 Å². The molecule has 1 fully saturated rings. The van der Waals surface area contributed by atoms with Gasteiger partial charge in [-0.15, -0.1) is 5.10 Å². The van der Waals surface area contributed by atoms with Gasteiger partial charge in [-0.25, -0.2) is 4.98 Å². The van der Waals surface area contributed by atoms with Crippen molar-refractivity contribution >= 4 is 0 Å². The summed E-state index contributed by atoms with van der Waals surface area (Å²) in [5.41, 5.74) is 0. The van der Waals surface area contributed by atoms with Crippen molar-refractivity contribution in [1.29, 1.82) is 10.5 Å². The number of hydrogen-bond donors (Lipinski definition) is 1. The SMILES string of the molecule is N#Cc1ncn(CCC(C#N)NC2CC2)n1. The summed E-state index contributed by atoms with van der Waals surface area (Å²) < 4.78 is 1.59. The maximum atomic E-state index is 8.92. The molecule has 1 aromatic heterocycles. The predicted octanol–water partition coefficient (Wildman–Crippen LogP) is 0.184. The fourth-order valence-corrected chi connectivity index (χ4v) is 1.43. The van der Waals surface area contributed by atoms with Crippen LogP contribution in [0.4, 0.5) is 0 Å². The first-order chi connectivity index (χ1) is 7.81. The number of aryl methyl sites for hydroxylation is 1.